The normalized spacial score (nSPS) is 11.5. The minimum absolute atomic E-state index is 0.0471. The number of nitrogens with zero attached hydrogens (tertiary/aromatic N) is 5. The molecule has 0 radical (unpaired) electrons. The van der Waals surface area contributed by atoms with Crippen molar-refractivity contribution in [1.82, 2.24) is 19.5 Å². The molecule has 0 aliphatic rings. The SMILES string of the molecule is Cc1ccc(Nc2nccc(N(C)c3ccc4c(c3)nc(NCc3cccc(Cl)c3)n4C)n2)cc1S(N)(=O)=O. The maximum Gasteiger partial charge on any atom is 0.238 e. The van der Waals surface area contributed by atoms with Gasteiger partial charge in [-0.25, -0.2) is 23.5 Å². The second-order valence-electron chi connectivity index (χ2n) is 9.10. The van der Waals surface area contributed by atoms with Gasteiger partial charge in [0.2, 0.25) is 21.9 Å². The Morgan fingerprint density at radius 3 is 2.64 bits per heavy atom. The maximum atomic E-state index is 11.9. The Hall–Kier alpha value is -4.19. The summed E-state index contributed by atoms with van der Waals surface area (Å²) in [5, 5.41) is 12.5. The van der Waals surface area contributed by atoms with Crippen molar-refractivity contribution in [3.8, 4) is 0 Å². The molecule has 0 bridgehead atoms. The van der Waals surface area contributed by atoms with E-state index >= 15 is 0 Å². The first-order valence-corrected chi connectivity index (χ1v) is 13.9. The summed E-state index contributed by atoms with van der Waals surface area (Å²) in [4.78, 5) is 15.6. The van der Waals surface area contributed by atoms with E-state index in [2.05, 4.69) is 20.6 Å². The van der Waals surface area contributed by atoms with Crippen LogP contribution in [0.15, 0.2) is 77.8 Å². The van der Waals surface area contributed by atoms with Gasteiger partial charge in [0.1, 0.15) is 5.82 Å². The molecular formula is C27H27ClN8O2S. The Morgan fingerprint density at radius 1 is 1.05 bits per heavy atom. The molecule has 0 spiro atoms. The molecule has 0 amide bonds. The first-order chi connectivity index (χ1) is 18.6. The second-order valence-corrected chi connectivity index (χ2v) is 11.1. The summed E-state index contributed by atoms with van der Waals surface area (Å²) >= 11 is 6.11. The van der Waals surface area contributed by atoms with E-state index < -0.39 is 10.0 Å². The number of aryl methyl sites for hydroxylation is 2. The molecule has 0 saturated carbocycles. The van der Waals surface area contributed by atoms with E-state index in [1.54, 1.807) is 31.3 Å². The zero-order valence-corrected chi connectivity index (χ0v) is 23.1. The third-order valence-corrected chi connectivity index (χ3v) is 7.61. The molecule has 5 aromatic rings. The van der Waals surface area contributed by atoms with Gasteiger partial charge >= 0.3 is 0 Å². The van der Waals surface area contributed by atoms with Crippen molar-refractivity contribution < 1.29 is 8.42 Å². The molecule has 0 unspecified atom stereocenters. The van der Waals surface area contributed by atoms with Crippen LogP contribution in [0.1, 0.15) is 11.1 Å². The summed E-state index contributed by atoms with van der Waals surface area (Å²) in [6, 6.07) is 20.4. The van der Waals surface area contributed by atoms with Crippen LogP contribution in [0, 0.1) is 6.92 Å². The molecule has 0 fully saturated rings. The maximum absolute atomic E-state index is 11.9. The molecule has 0 aliphatic heterocycles. The molecule has 39 heavy (non-hydrogen) atoms. The van der Waals surface area contributed by atoms with Gasteiger partial charge in [0, 0.05) is 43.2 Å². The molecule has 2 aromatic heterocycles. The fourth-order valence-corrected chi connectivity index (χ4v) is 5.25. The van der Waals surface area contributed by atoms with E-state index in [0.717, 1.165) is 28.2 Å². The molecule has 10 nitrogen and oxygen atoms in total. The van der Waals surface area contributed by atoms with Crippen LogP contribution in [0.2, 0.25) is 5.02 Å². The van der Waals surface area contributed by atoms with Crippen molar-refractivity contribution >= 4 is 61.7 Å². The zero-order chi connectivity index (χ0) is 27.7. The van der Waals surface area contributed by atoms with E-state index in [9.17, 15) is 8.42 Å². The third kappa shape index (κ3) is 5.80. The summed E-state index contributed by atoms with van der Waals surface area (Å²) in [6.07, 6.45) is 1.63. The number of primary sulfonamides is 1. The lowest BCUT2D eigenvalue weighted by atomic mass is 10.2. The van der Waals surface area contributed by atoms with Gasteiger partial charge in [-0.3, -0.25) is 0 Å². The first-order valence-electron chi connectivity index (χ1n) is 12.0. The van der Waals surface area contributed by atoms with Crippen LogP contribution in [0.4, 0.5) is 29.1 Å². The fourth-order valence-electron chi connectivity index (χ4n) is 4.22. The minimum atomic E-state index is -3.85. The highest BCUT2D eigenvalue weighted by molar-refractivity contribution is 7.89. The predicted octanol–water partition coefficient (Wildman–Crippen LogP) is 5.10. The van der Waals surface area contributed by atoms with Crippen molar-refractivity contribution in [2.75, 3.05) is 22.6 Å². The van der Waals surface area contributed by atoms with E-state index in [4.69, 9.17) is 21.7 Å². The number of aromatic nitrogens is 4. The minimum Gasteiger partial charge on any atom is -0.352 e. The summed E-state index contributed by atoms with van der Waals surface area (Å²) in [7, 11) is 0.0168. The van der Waals surface area contributed by atoms with Crippen molar-refractivity contribution in [1.29, 1.82) is 0 Å². The second kappa shape index (κ2) is 10.5. The number of fused-ring (bicyclic) bond motifs is 1. The number of nitrogens with one attached hydrogen (secondary N) is 2. The molecule has 0 aliphatic carbocycles. The summed E-state index contributed by atoms with van der Waals surface area (Å²) in [5.74, 6) is 1.70. The standard InChI is InChI=1S/C27H27ClN8O2S/c1-17-7-8-20(14-24(17)39(29,37)38)32-26-30-12-11-25(34-26)35(2)21-9-10-23-22(15-21)33-27(36(23)3)31-16-18-5-4-6-19(28)13-18/h4-15H,16H2,1-3H3,(H,31,33)(H2,29,37,38)(H,30,32,34). The third-order valence-electron chi connectivity index (χ3n) is 6.33. The van der Waals surface area contributed by atoms with Crippen LogP contribution in [0.25, 0.3) is 11.0 Å². The van der Waals surface area contributed by atoms with E-state index in [0.29, 0.717) is 34.6 Å². The number of sulfonamides is 1. The molecule has 0 saturated heterocycles. The molecule has 12 heteroatoms. The van der Waals surface area contributed by atoms with Crippen LogP contribution in [-0.4, -0.2) is 35.0 Å². The number of anilines is 5. The number of halogens is 1. The van der Waals surface area contributed by atoms with E-state index in [1.165, 1.54) is 6.07 Å². The fraction of sp³-hybridized carbons (Fsp3) is 0.148. The smallest absolute Gasteiger partial charge is 0.238 e. The highest BCUT2D eigenvalue weighted by Gasteiger charge is 2.14. The first kappa shape index (κ1) is 26.4. The molecule has 4 N–H and O–H groups in total. The average molecular weight is 563 g/mol. The van der Waals surface area contributed by atoms with Crippen molar-refractivity contribution in [3.05, 3.63) is 89.1 Å². The van der Waals surface area contributed by atoms with Crippen LogP contribution >= 0.6 is 11.6 Å². The van der Waals surface area contributed by atoms with Gasteiger partial charge in [-0.05, 0) is 66.6 Å². The van der Waals surface area contributed by atoms with Crippen molar-refractivity contribution in [2.24, 2.45) is 12.2 Å². The molecule has 5 rings (SSSR count). The van der Waals surface area contributed by atoms with Gasteiger partial charge in [-0.15, -0.1) is 0 Å². The van der Waals surface area contributed by atoms with Gasteiger partial charge in [-0.2, -0.15) is 4.98 Å². The predicted molar refractivity (Wildman–Crippen MR) is 155 cm³/mol. The lowest BCUT2D eigenvalue weighted by Gasteiger charge is -2.19. The molecule has 2 heterocycles. The summed E-state index contributed by atoms with van der Waals surface area (Å²) < 4.78 is 25.8. The lowest BCUT2D eigenvalue weighted by Crippen LogP contribution is -2.14. The van der Waals surface area contributed by atoms with Gasteiger partial charge in [0.25, 0.3) is 0 Å². The summed E-state index contributed by atoms with van der Waals surface area (Å²) in [5.41, 5.74) is 4.84. The Morgan fingerprint density at radius 2 is 1.87 bits per heavy atom. The van der Waals surface area contributed by atoms with Crippen LogP contribution in [0.5, 0.6) is 0 Å². The number of hydrogen-bond donors (Lipinski definition) is 3. The molecular weight excluding hydrogens is 536 g/mol. The Bertz CT molecular complexity index is 1790. The number of benzene rings is 3. The Kier molecular flexibility index (Phi) is 7.13. The van der Waals surface area contributed by atoms with Gasteiger partial charge in [-0.1, -0.05) is 29.8 Å². The number of rotatable bonds is 8. The van der Waals surface area contributed by atoms with Gasteiger partial charge in [0.05, 0.1) is 15.9 Å². The average Bonchev–Trinajstić information content (AvgIpc) is 3.22. The highest BCUT2D eigenvalue weighted by atomic mass is 35.5. The monoisotopic (exact) mass is 562 g/mol. The highest BCUT2D eigenvalue weighted by Crippen LogP contribution is 2.28. The molecule has 3 aromatic carbocycles. The van der Waals surface area contributed by atoms with Crippen LogP contribution < -0.4 is 20.7 Å². The quantitative estimate of drug-likeness (QED) is 0.238. The zero-order valence-electron chi connectivity index (χ0n) is 21.6. The van der Waals surface area contributed by atoms with Crippen molar-refractivity contribution in [2.45, 2.75) is 18.4 Å². The van der Waals surface area contributed by atoms with Crippen molar-refractivity contribution in [3.63, 3.8) is 0 Å². The summed E-state index contributed by atoms with van der Waals surface area (Å²) in [6.45, 7) is 2.28. The lowest BCUT2D eigenvalue weighted by molar-refractivity contribution is 0.597. The molecule has 200 valence electrons. The Labute approximate surface area is 231 Å². The van der Waals surface area contributed by atoms with Gasteiger partial charge in [0.15, 0.2) is 0 Å². The van der Waals surface area contributed by atoms with E-state index in [-0.39, 0.29) is 4.90 Å². The Balaban J connectivity index is 1.36. The number of nitrogens with two attached hydrogens (primary N) is 1. The number of imidazole rings is 1. The molecule has 0 atom stereocenters. The topological polar surface area (TPSA) is 131 Å². The van der Waals surface area contributed by atoms with Crippen LogP contribution in [0.3, 0.4) is 0 Å². The van der Waals surface area contributed by atoms with E-state index in [1.807, 2.05) is 66.0 Å². The largest absolute Gasteiger partial charge is 0.352 e. The number of hydrogen-bond acceptors (Lipinski definition) is 8. The van der Waals surface area contributed by atoms with Gasteiger partial charge < -0.3 is 20.1 Å². The van der Waals surface area contributed by atoms with Crippen LogP contribution in [-0.2, 0) is 23.6 Å².